The first-order valence-corrected chi connectivity index (χ1v) is 10.8. The van der Waals surface area contributed by atoms with Gasteiger partial charge in [0.15, 0.2) is 8.38 Å². The van der Waals surface area contributed by atoms with Gasteiger partial charge in [0.25, 0.3) is 5.56 Å². The number of ether oxygens (including phenoxy) is 1. The van der Waals surface area contributed by atoms with E-state index in [9.17, 15) is 4.79 Å². The highest BCUT2D eigenvalue weighted by molar-refractivity contribution is 7.46. The van der Waals surface area contributed by atoms with Crippen molar-refractivity contribution in [1.29, 1.82) is 5.26 Å². The summed E-state index contributed by atoms with van der Waals surface area (Å²) < 4.78 is 19.6. The molecule has 0 radical (unpaired) electrons. The Hall–Kier alpha value is -1.85. The molecule has 0 saturated carbocycles. The van der Waals surface area contributed by atoms with Crippen molar-refractivity contribution in [3.8, 4) is 6.07 Å². The maximum absolute atomic E-state index is 12.0. The molecule has 1 aliphatic heterocycles. The maximum Gasteiger partial charge on any atom is 0.277 e. The lowest BCUT2D eigenvalue weighted by molar-refractivity contribution is -0.0159. The van der Waals surface area contributed by atoms with Gasteiger partial charge in [0, 0.05) is 38.9 Å². The second kappa shape index (κ2) is 10.6. The van der Waals surface area contributed by atoms with Gasteiger partial charge in [-0.2, -0.15) is 10.2 Å². The molecular weight excluding hydrogens is 381 g/mol. The van der Waals surface area contributed by atoms with Crippen LogP contribution in [0.3, 0.4) is 0 Å². The first-order chi connectivity index (χ1) is 13.3. The molecule has 0 N–H and O–H groups in total. The van der Waals surface area contributed by atoms with E-state index < -0.39 is 8.38 Å². The molecule has 0 aliphatic carbocycles. The second-order valence-corrected chi connectivity index (χ2v) is 8.09. The van der Waals surface area contributed by atoms with Crippen LogP contribution < -0.4 is 5.56 Å². The molecule has 1 fully saturated rings. The van der Waals surface area contributed by atoms with E-state index in [1.54, 1.807) is 28.9 Å². The summed E-state index contributed by atoms with van der Waals surface area (Å²) >= 11 is 0. The van der Waals surface area contributed by atoms with E-state index >= 15 is 0 Å². The zero-order valence-corrected chi connectivity index (χ0v) is 17.9. The lowest BCUT2D eigenvalue weighted by Crippen LogP contribution is -2.22. The highest BCUT2D eigenvalue weighted by Crippen LogP contribution is 2.43. The highest BCUT2D eigenvalue weighted by Gasteiger charge is 2.38. The Morgan fingerprint density at radius 1 is 1.57 bits per heavy atom. The Morgan fingerprint density at radius 2 is 2.32 bits per heavy atom. The largest absolute Gasteiger partial charge is 0.369 e. The van der Waals surface area contributed by atoms with Crippen LogP contribution in [-0.2, 0) is 13.8 Å². The summed E-state index contributed by atoms with van der Waals surface area (Å²) in [5, 5.41) is 8.62. The van der Waals surface area contributed by atoms with Gasteiger partial charge in [0.2, 0.25) is 5.95 Å². The molecule has 0 bridgehead atoms. The minimum Gasteiger partial charge on any atom is -0.369 e. The van der Waals surface area contributed by atoms with Crippen molar-refractivity contribution < 1.29 is 13.8 Å². The van der Waals surface area contributed by atoms with Crippen LogP contribution >= 0.6 is 8.38 Å². The number of hydrogen-bond acceptors (Lipinski definition) is 7. The van der Waals surface area contributed by atoms with Crippen molar-refractivity contribution in [2.75, 3.05) is 27.4 Å². The monoisotopic (exact) mass is 409 g/mol. The number of aliphatic imine (C=N–C) groups is 1. The lowest BCUT2D eigenvalue weighted by Gasteiger charge is -2.20. The number of hydrogen-bond donors (Lipinski definition) is 0. The normalized spacial score (nSPS) is 23.1. The fourth-order valence-corrected chi connectivity index (χ4v) is 3.83. The van der Waals surface area contributed by atoms with Gasteiger partial charge in [-0.25, -0.2) is 4.99 Å². The van der Waals surface area contributed by atoms with Gasteiger partial charge in [-0.05, 0) is 13.3 Å². The van der Waals surface area contributed by atoms with E-state index in [4.69, 9.17) is 19.0 Å². The van der Waals surface area contributed by atoms with Gasteiger partial charge in [-0.15, -0.1) is 0 Å². The van der Waals surface area contributed by atoms with E-state index in [1.165, 1.54) is 0 Å². The topological polar surface area (TPSA) is 102 Å². The average Bonchev–Trinajstić information content (AvgIpc) is 3.05. The Bertz CT molecular complexity index is 776. The zero-order chi connectivity index (χ0) is 20.7. The van der Waals surface area contributed by atoms with Gasteiger partial charge >= 0.3 is 0 Å². The lowest BCUT2D eigenvalue weighted by atomic mass is 10.1. The van der Waals surface area contributed by atoms with Gasteiger partial charge < -0.3 is 18.7 Å². The molecule has 10 heteroatoms. The van der Waals surface area contributed by atoms with E-state index in [1.807, 2.05) is 27.7 Å². The summed E-state index contributed by atoms with van der Waals surface area (Å²) in [5.74, 6) is 0.300. The first-order valence-electron chi connectivity index (χ1n) is 9.21. The van der Waals surface area contributed by atoms with E-state index in [-0.39, 0.29) is 24.0 Å². The van der Waals surface area contributed by atoms with Crippen molar-refractivity contribution >= 4 is 20.7 Å². The van der Waals surface area contributed by atoms with Gasteiger partial charge in [0.1, 0.15) is 6.23 Å². The van der Waals surface area contributed by atoms with Crippen LogP contribution in [0.25, 0.3) is 0 Å². The SMILES string of the molecule is CC[C@H]1O[C@@H](n2cc(C)c(=O)nc2/N=C\N(C)C)C[C@H]1OP(C)OCCC#N. The number of nitrogens with zero attached hydrogens (tertiary/aromatic N) is 5. The molecular formula is C18H28N5O4P. The molecule has 0 aromatic carbocycles. The van der Waals surface area contributed by atoms with Gasteiger partial charge in [0.05, 0.1) is 37.6 Å². The molecule has 1 aromatic heterocycles. The molecule has 2 rings (SSSR count). The van der Waals surface area contributed by atoms with Crippen molar-refractivity contribution in [3.63, 3.8) is 0 Å². The molecule has 9 nitrogen and oxygen atoms in total. The number of nitriles is 1. The quantitative estimate of drug-likeness (QED) is 0.267. The zero-order valence-electron chi connectivity index (χ0n) is 17.0. The summed E-state index contributed by atoms with van der Waals surface area (Å²) in [5.41, 5.74) is 0.227. The maximum atomic E-state index is 12.0. The van der Waals surface area contributed by atoms with Crippen LogP contribution in [0.15, 0.2) is 16.0 Å². The van der Waals surface area contributed by atoms with Crippen LogP contribution in [-0.4, -0.2) is 60.4 Å². The number of rotatable bonds is 9. The van der Waals surface area contributed by atoms with Crippen LogP contribution in [0.2, 0.25) is 0 Å². The molecule has 154 valence electrons. The Morgan fingerprint density at radius 3 is 2.96 bits per heavy atom. The minimum atomic E-state index is -1.10. The van der Waals surface area contributed by atoms with Crippen LogP contribution in [0.1, 0.15) is 38.0 Å². The molecule has 2 heterocycles. The summed E-state index contributed by atoms with van der Waals surface area (Å²) in [6.45, 7) is 6.00. The van der Waals surface area contributed by atoms with Gasteiger partial charge in [-0.3, -0.25) is 9.36 Å². The molecule has 1 aromatic rings. The predicted octanol–water partition coefficient (Wildman–Crippen LogP) is 2.73. The number of aromatic nitrogens is 2. The average molecular weight is 409 g/mol. The standard InChI is InChI=1S/C18H28N5O4P/c1-6-14-15(27-28(5)25-9-7-8-19)10-16(26-14)23-11-13(2)17(24)21-18(23)20-12-22(3)4/h11-12,14-16H,6-7,9-10H2,1-5H3/b20-12-/t14-,15-,16-,28?/m1/s1. The third-order valence-corrected chi connectivity index (χ3v) is 5.28. The first kappa shape index (κ1) is 22.4. The van der Waals surface area contributed by atoms with E-state index in [2.05, 4.69) is 16.0 Å². The minimum absolute atomic E-state index is 0.0973. The van der Waals surface area contributed by atoms with E-state index in [0.717, 1.165) is 6.42 Å². The van der Waals surface area contributed by atoms with Crippen molar-refractivity contribution in [2.45, 2.75) is 51.5 Å². The van der Waals surface area contributed by atoms with Crippen LogP contribution in [0.5, 0.6) is 0 Å². The summed E-state index contributed by atoms with van der Waals surface area (Å²) in [4.78, 5) is 22.2. The second-order valence-electron chi connectivity index (χ2n) is 6.74. The highest BCUT2D eigenvalue weighted by atomic mass is 31.2. The number of aryl methyl sites for hydroxylation is 1. The molecule has 4 atom stereocenters. The van der Waals surface area contributed by atoms with Crippen molar-refractivity contribution in [1.82, 2.24) is 14.5 Å². The van der Waals surface area contributed by atoms with E-state index in [0.29, 0.717) is 31.0 Å². The summed E-state index contributed by atoms with van der Waals surface area (Å²) in [7, 11) is 2.59. The predicted molar refractivity (Wildman–Crippen MR) is 108 cm³/mol. The molecule has 0 amide bonds. The van der Waals surface area contributed by atoms with Crippen molar-refractivity contribution in [3.05, 3.63) is 22.1 Å². The summed E-state index contributed by atoms with van der Waals surface area (Å²) in [6, 6.07) is 2.05. The van der Waals surface area contributed by atoms with Crippen LogP contribution in [0, 0.1) is 18.3 Å². The third kappa shape index (κ3) is 6.08. The molecule has 1 unspecified atom stereocenters. The Labute approximate surface area is 166 Å². The van der Waals surface area contributed by atoms with Crippen molar-refractivity contribution in [2.24, 2.45) is 4.99 Å². The molecule has 28 heavy (non-hydrogen) atoms. The Balaban J connectivity index is 2.18. The fraction of sp³-hybridized carbons (Fsp3) is 0.667. The fourth-order valence-electron chi connectivity index (χ4n) is 2.82. The summed E-state index contributed by atoms with van der Waals surface area (Å²) in [6.07, 6.45) is 4.48. The van der Waals surface area contributed by atoms with Crippen LogP contribution in [0.4, 0.5) is 5.95 Å². The van der Waals surface area contributed by atoms with Gasteiger partial charge in [-0.1, -0.05) is 6.92 Å². The Kier molecular flexibility index (Phi) is 8.52. The molecule has 1 aliphatic rings. The third-order valence-electron chi connectivity index (χ3n) is 4.17. The molecule has 0 spiro atoms. The molecule has 1 saturated heterocycles. The smallest absolute Gasteiger partial charge is 0.277 e.